The maximum Gasteiger partial charge on any atom is 0.236 e. The van der Waals surface area contributed by atoms with E-state index < -0.39 is 0 Å². The lowest BCUT2D eigenvalue weighted by Crippen LogP contribution is -2.50. The minimum Gasteiger partial charge on any atom is -0.341 e. The van der Waals surface area contributed by atoms with Crippen molar-refractivity contribution >= 4 is 17.7 Å². The van der Waals surface area contributed by atoms with Crippen LogP contribution in [0.1, 0.15) is 39.0 Å². The molecule has 4 nitrogen and oxygen atoms in total. The smallest absolute Gasteiger partial charge is 0.236 e. The third kappa shape index (κ3) is 3.80. The molecule has 3 fully saturated rings. The van der Waals surface area contributed by atoms with Crippen molar-refractivity contribution in [3.05, 3.63) is 0 Å². The first-order chi connectivity index (χ1) is 10.6. The molecule has 0 saturated carbocycles. The van der Waals surface area contributed by atoms with Crippen LogP contribution in [0.25, 0.3) is 0 Å². The lowest BCUT2D eigenvalue weighted by Gasteiger charge is -2.39. The SMILES string of the molecule is CC1CCCN1C1CCN(C(=O)CN(C)C2CCSC2)CC1. The summed E-state index contributed by atoms with van der Waals surface area (Å²) in [6.07, 6.45) is 6.27. The van der Waals surface area contributed by atoms with Gasteiger partial charge in [-0.05, 0) is 58.4 Å². The molecule has 1 amide bonds. The molecule has 0 N–H and O–H groups in total. The van der Waals surface area contributed by atoms with Gasteiger partial charge >= 0.3 is 0 Å². The summed E-state index contributed by atoms with van der Waals surface area (Å²) in [5.74, 6) is 2.79. The van der Waals surface area contributed by atoms with Gasteiger partial charge < -0.3 is 4.90 Å². The third-order valence-electron chi connectivity index (χ3n) is 5.80. The molecule has 2 unspecified atom stereocenters. The number of hydrogen-bond acceptors (Lipinski definition) is 4. The van der Waals surface area contributed by atoms with Crippen molar-refractivity contribution in [3.8, 4) is 0 Å². The zero-order valence-corrected chi connectivity index (χ0v) is 15.0. The average molecular weight is 326 g/mol. The molecule has 2 atom stereocenters. The molecule has 126 valence electrons. The molecule has 0 radical (unpaired) electrons. The summed E-state index contributed by atoms with van der Waals surface area (Å²) in [5.41, 5.74) is 0. The van der Waals surface area contributed by atoms with E-state index in [0.717, 1.165) is 19.1 Å². The molecule has 3 aliphatic rings. The number of carbonyl (C=O) groups excluding carboxylic acids is 1. The zero-order valence-electron chi connectivity index (χ0n) is 14.2. The van der Waals surface area contributed by atoms with Crippen molar-refractivity contribution in [2.24, 2.45) is 0 Å². The Morgan fingerprint density at radius 3 is 2.55 bits per heavy atom. The Kier molecular flexibility index (Phi) is 5.69. The Labute approximate surface area is 139 Å². The van der Waals surface area contributed by atoms with Crippen LogP contribution in [0, 0.1) is 0 Å². The van der Waals surface area contributed by atoms with Crippen molar-refractivity contribution in [2.45, 2.75) is 57.2 Å². The second-order valence-corrected chi connectivity index (χ2v) is 8.42. The molecule has 22 heavy (non-hydrogen) atoms. The van der Waals surface area contributed by atoms with Gasteiger partial charge in [0.1, 0.15) is 0 Å². The Morgan fingerprint density at radius 2 is 1.95 bits per heavy atom. The normalized spacial score (nSPS) is 31.3. The fraction of sp³-hybridized carbons (Fsp3) is 0.941. The highest BCUT2D eigenvalue weighted by atomic mass is 32.2. The van der Waals surface area contributed by atoms with E-state index in [4.69, 9.17) is 0 Å². The van der Waals surface area contributed by atoms with Gasteiger partial charge in [-0.25, -0.2) is 0 Å². The lowest BCUT2D eigenvalue weighted by molar-refractivity contribution is -0.134. The van der Waals surface area contributed by atoms with Crippen molar-refractivity contribution in [1.29, 1.82) is 0 Å². The molecule has 0 aromatic heterocycles. The number of hydrogen-bond donors (Lipinski definition) is 0. The first kappa shape index (κ1) is 16.6. The number of likely N-dealkylation sites (N-methyl/N-ethyl adjacent to an activating group) is 1. The number of nitrogens with zero attached hydrogens (tertiary/aromatic N) is 3. The average Bonchev–Trinajstić information content (AvgIpc) is 3.18. The molecule has 3 aliphatic heterocycles. The minimum atomic E-state index is 0.340. The second-order valence-electron chi connectivity index (χ2n) is 7.27. The molecular formula is C17H31N3OS. The summed E-state index contributed by atoms with van der Waals surface area (Å²) in [6, 6.07) is 2.07. The Morgan fingerprint density at radius 1 is 1.18 bits per heavy atom. The fourth-order valence-electron chi connectivity index (χ4n) is 4.26. The van der Waals surface area contributed by atoms with Gasteiger partial charge in [-0.2, -0.15) is 11.8 Å². The van der Waals surface area contributed by atoms with Crippen LogP contribution in [-0.2, 0) is 4.79 Å². The minimum absolute atomic E-state index is 0.340. The maximum absolute atomic E-state index is 12.5. The van der Waals surface area contributed by atoms with Crippen molar-refractivity contribution < 1.29 is 4.79 Å². The molecule has 3 heterocycles. The number of piperidine rings is 1. The predicted molar refractivity (Wildman–Crippen MR) is 93.4 cm³/mol. The lowest BCUT2D eigenvalue weighted by atomic mass is 10.0. The van der Waals surface area contributed by atoms with E-state index >= 15 is 0 Å². The van der Waals surface area contributed by atoms with Crippen LogP contribution in [0.5, 0.6) is 0 Å². The van der Waals surface area contributed by atoms with E-state index in [1.165, 1.54) is 50.2 Å². The second kappa shape index (κ2) is 7.54. The predicted octanol–water partition coefficient (Wildman–Crippen LogP) is 1.90. The van der Waals surface area contributed by atoms with E-state index in [0.29, 0.717) is 24.5 Å². The summed E-state index contributed by atoms with van der Waals surface area (Å²) in [5, 5.41) is 0. The molecule has 0 spiro atoms. The van der Waals surface area contributed by atoms with Crippen LogP contribution in [0.3, 0.4) is 0 Å². The van der Waals surface area contributed by atoms with Crippen LogP contribution < -0.4 is 0 Å². The van der Waals surface area contributed by atoms with Crippen molar-refractivity contribution in [2.75, 3.05) is 44.7 Å². The van der Waals surface area contributed by atoms with Crippen LogP contribution >= 0.6 is 11.8 Å². The van der Waals surface area contributed by atoms with Crippen LogP contribution in [0.4, 0.5) is 0 Å². The Balaban J connectivity index is 1.43. The van der Waals surface area contributed by atoms with Gasteiger partial charge in [-0.1, -0.05) is 0 Å². The van der Waals surface area contributed by atoms with E-state index in [9.17, 15) is 4.79 Å². The molecule has 3 saturated heterocycles. The van der Waals surface area contributed by atoms with Gasteiger partial charge in [0.15, 0.2) is 0 Å². The van der Waals surface area contributed by atoms with E-state index in [1.807, 2.05) is 11.8 Å². The number of thioether (sulfide) groups is 1. The summed E-state index contributed by atoms with van der Waals surface area (Å²) in [4.78, 5) is 19.6. The highest BCUT2D eigenvalue weighted by molar-refractivity contribution is 7.99. The Bertz CT molecular complexity index is 378. The highest BCUT2D eigenvalue weighted by Crippen LogP contribution is 2.26. The summed E-state index contributed by atoms with van der Waals surface area (Å²) in [6.45, 7) is 6.15. The first-order valence-corrected chi connectivity index (χ1v) is 10.1. The summed E-state index contributed by atoms with van der Waals surface area (Å²) >= 11 is 2.02. The van der Waals surface area contributed by atoms with Gasteiger partial charge in [0.2, 0.25) is 5.91 Å². The Hall–Kier alpha value is -0.260. The van der Waals surface area contributed by atoms with E-state index in [2.05, 4.69) is 28.7 Å². The van der Waals surface area contributed by atoms with Gasteiger partial charge in [0, 0.05) is 37.0 Å². The van der Waals surface area contributed by atoms with Gasteiger partial charge in [0.25, 0.3) is 0 Å². The van der Waals surface area contributed by atoms with E-state index in [-0.39, 0.29) is 0 Å². The molecule has 5 heteroatoms. The number of likely N-dealkylation sites (tertiary alicyclic amines) is 2. The molecular weight excluding hydrogens is 294 g/mol. The summed E-state index contributed by atoms with van der Waals surface area (Å²) < 4.78 is 0. The molecule has 0 aromatic carbocycles. The molecule has 0 bridgehead atoms. The highest BCUT2D eigenvalue weighted by Gasteiger charge is 2.32. The summed E-state index contributed by atoms with van der Waals surface area (Å²) in [7, 11) is 2.12. The number of carbonyl (C=O) groups is 1. The largest absolute Gasteiger partial charge is 0.341 e. The quantitative estimate of drug-likeness (QED) is 0.789. The molecule has 3 rings (SSSR count). The first-order valence-electron chi connectivity index (χ1n) is 8.96. The standard InChI is InChI=1S/C17H31N3OS/c1-14-4-3-8-20(14)15-5-9-19(10-6-15)17(21)12-18(2)16-7-11-22-13-16/h14-16H,3-13H2,1-2H3. The van der Waals surface area contributed by atoms with Gasteiger partial charge in [-0.3, -0.25) is 14.6 Å². The van der Waals surface area contributed by atoms with Gasteiger partial charge in [-0.15, -0.1) is 0 Å². The number of rotatable bonds is 4. The zero-order chi connectivity index (χ0) is 15.5. The van der Waals surface area contributed by atoms with Crippen molar-refractivity contribution in [3.63, 3.8) is 0 Å². The van der Waals surface area contributed by atoms with Crippen LogP contribution in [-0.4, -0.2) is 83.5 Å². The molecule has 0 aromatic rings. The third-order valence-corrected chi connectivity index (χ3v) is 6.95. The van der Waals surface area contributed by atoms with Gasteiger partial charge in [0.05, 0.1) is 6.54 Å². The maximum atomic E-state index is 12.5. The number of amides is 1. The topological polar surface area (TPSA) is 26.8 Å². The van der Waals surface area contributed by atoms with Crippen LogP contribution in [0.2, 0.25) is 0 Å². The molecule has 0 aliphatic carbocycles. The van der Waals surface area contributed by atoms with Crippen LogP contribution in [0.15, 0.2) is 0 Å². The fourth-order valence-corrected chi connectivity index (χ4v) is 5.56. The monoisotopic (exact) mass is 325 g/mol. The van der Waals surface area contributed by atoms with Crippen molar-refractivity contribution in [1.82, 2.24) is 14.7 Å². The van der Waals surface area contributed by atoms with E-state index in [1.54, 1.807) is 0 Å².